The summed E-state index contributed by atoms with van der Waals surface area (Å²) in [6.07, 6.45) is 0.384. The van der Waals surface area contributed by atoms with Crippen LogP contribution in [0, 0.1) is 0 Å². The molecule has 0 bridgehead atoms. The van der Waals surface area contributed by atoms with Crippen LogP contribution in [-0.2, 0) is 0 Å². The highest BCUT2D eigenvalue weighted by Gasteiger charge is 2.41. The number of fused-ring (bicyclic) bond motifs is 3. The Kier molecular flexibility index (Phi) is 5.28. The second-order valence-corrected chi connectivity index (χ2v) is 8.78. The van der Waals surface area contributed by atoms with E-state index in [-0.39, 0.29) is 12.3 Å². The smallest absolute Gasteiger partial charge is 0.213 e. The molecule has 0 radical (unpaired) electrons. The van der Waals surface area contributed by atoms with Crippen LogP contribution in [0.4, 0.5) is 0 Å². The van der Waals surface area contributed by atoms with E-state index in [1.807, 2.05) is 59.6 Å². The van der Waals surface area contributed by atoms with Crippen molar-refractivity contribution in [1.29, 1.82) is 0 Å². The summed E-state index contributed by atoms with van der Waals surface area (Å²) >= 11 is 9.87. The maximum absolute atomic E-state index is 6.40. The number of hydrogen-bond acceptors (Lipinski definition) is 5. The third-order valence-corrected chi connectivity index (χ3v) is 6.33. The fraction of sp³-hybridized carbons (Fsp3) is 0.208. The summed E-state index contributed by atoms with van der Waals surface area (Å²) in [7, 11) is 3.27. The first-order valence-corrected chi connectivity index (χ1v) is 11.0. The average molecular weight is 500 g/mol. The molecule has 0 saturated heterocycles. The van der Waals surface area contributed by atoms with Crippen molar-refractivity contribution in [2.45, 2.75) is 18.7 Å². The zero-order chi connectivity index (χ0) is 21.5. The highest BCUT2D eigenvalue weighted by atomic mass is 79.9. The van der Waals surface area contributed by atoms with Gasteiger partial charge in [0.05, 0.1) is 26.0 Å². The van der Waals surface area contributed by atoms with Gasteiger partial charge < -0.3 is 14.2 Å². The number of methoxy groups -OCH3 is 2. The van der Waals surface area contributed by atoms with Gasteiger partial charge in [-0.3, -0.25) is 0 Å². The topological polar surface area (TPSA) is 43.3 Å². The van der Waals surface area contributed by atoms with Crippen molar-refractivity contribution in [2.24, 2.45) is 5.10 Å². The minimum absolute atomic E-state index is 0.0494. The molecular weight excluding hydrogens is 480 g/mol. The van der Waals surface area contributed by atoms with Gasteiger partial charge in [0.1, 0.15) is 5.75 Å². The molecule has 2 heterocycles. The SMILES string of the molecule is COc1ccc(C2=NN3[C@H](C2)c2cc(Br)ccc2O[C@@H]3c2cccc(Cl)c2)cc1OC. The highest BCUT2D eigenvalue weighted by molar-refractivity contribution is 9.10. The Morgan fingerprint density at radius 2 is 1.87 bits per heavy atom. The number of ether oxygens (including phenoxy) is 3. The van der Waals surface area contributed by atoms with Crippen LogP contribution < -0.4 is 14.2 Å². The van der Waals surface area contributed by atoms with Gasteiger partial charge in [-0.25, -0.2) is 5.01 Å². The van der Waals surface area contributed by atoms with Crippen molar-refractivity contribution in [3.05, 3.63) is 86.8 Å². The predicted molar refractivity (Wildman–Crippen MR) is 124 cm³/mol. The molecule has 2 atom stereocenters. The van der Waals surface area contributed by atoms with E-state index in [9.17, 15) is 0 Å². The van der Waals surface area contributed by atoms with Gasteiger partial charge in [-0.05, 0) is 48.5 Å². The lowest BCUT2D eigenvalue weighted by molar-refractivity contribution is -0.0190. The molecule has 0 unspecified atom stereocenters. The monoisotopic (exact) mass is 498 g/mol. The molecule has 158 valence electrons. The summed E-state index contributed by atoms with van der Waals surface area (Å²) in [4.78, 5) is 0. The van der Waals surface area contributed by atoms with Gasteiger partial charge in [0.25, 0.3) is 0 Å². The lowest BCUT2D eigenvalue weighted by Gasteiger charge is -2.38. The second kappa shape index (κ2) is 8.09. The van der Waals surface area contributed by atoms with E-state index in [1.165, 1.54) is 0 Å². The van der Waals surface area contributed by atoms with Crippen LogP contribution in [-0.4, -0.2) is 24.9 Å². The van der Waals surface area contributed by atoms with Crippen molar-refractivity contribution >= 4 is 33.2 Å². The van der Waals surface area contributed by atoms with Crippen molar-refractivity contribution in [1.82, 2.24) is 5.01 Å². The maximum atomic E-state index is 6.40. The summed E-state index contributed by atoms with van der Waals surface area (Å²) in [5.74, 6) is 2.23. The Morgan fingerprint density at radius 1 is 1.03 bits per heavy atom. The largest absolute Gasteiger partial charge is 0.493 e. The number of halogens is 2. The summed E-state index contributed by atoms with van der Waals surface area (Å²) < 4.78 is 18.3. The maximum Gasteiger partial charge on any atom is 0.213 e. The average Bonchev–Trinajstić information content (AvgIpc) is 3.24. The fourth-order valence-corrected chi connectivity index (χ4v) is 4.71. The molecule has 2 aliphatic rings. The van der Waals surface area contributed by atoms with E-state index in [2.05, 4.69) is 22.0 Å². The van der Waals surface area contributed by atoms with E-state index in [0.717, 1.165) is 39.0 Å². The van der Waals surface area contributed by atoms with E-state index in [1.54, 1.807) is 14.2 Å². The first-order chi connectivity index (χ1) is 15.1. The Balaban J connectivity index is 1.59. The molecule has 5 rings (SSSR count). The van der Waals surface area contributed by atoms with Gasteiger partial charge in [0.15, 0.2) is 11.5 Å². The molecule has 0 amide bonds. The van der Waals surface area contributed by atoms with Crippen LogP contribution in [0.1, 0.15) is 35.4 Å². The van der Waals surface area contributed by atoms with Crippen molar-refractivity contribution < 1.29 is 14.2 Å². The molecule has 0 aromatic heterocycles. The van der Waals surface area contributed by atoms with Crippen molar-refractivity contribution in [2.75, 3.05) is 14.2 Å². The van der Waals surface area contributed by atoms with Crippen LogP contribution in [0.2, 0.25) is 5.02 Å². The van der Waals surface area contributed by atoms with Crippen LogP contribution in [0.15, 0.2) is 70.2 Å². The zero-order valence-electron chi connectivity index (χ0n) is 17.0. The Hall–Kier alpha value is -2.70. The summed E-state index contributed by atoms with van der Waals surface area (Å²) in [6.45, 7) is 0. The van der Waals surface area contributed by atoms with Crippen LogP contribution in [0.5, 0.6) is 17.2 Å². The van der Waals surface area contributed by atoms with Crippen molar-refractivity contribution in [3.63, 3.8) is 0 Å². The van der Waals surface area contributed by atoms with Gasteiger partial charge in [-0.2, -0.15) is 5.10 Å². The number of rotatable bonds is 4. The molecule has 7 heteroatoms. The van der Waals surface area contributed by atoms with Gasteiger partial charge in [0, 0.05) is 32.6 Å². The molecular formula is C24H20BrClN2O3. The third-order valence-electron chi connectivity index (χ3n) is 5.60. The normalized spacial score (nSPS) is 19.2. The van der Waals surface area contributed by atoms with Crippen LogP contribution in [0.25, 0.3) is 0 Å². The molecule has 5 nitrogen and oxygen atoms in total. The molecule has 0 N–H and O–H groups in total. The van der Waals surface area contributed by atoms with Crippen LogP contribution >= 0.6 is 27.5 Å². The Bertz CT molecular complexity index is 1180. The molecule has 31 heavy (non-hydrogen) atoms. The van der Waals surface area contributed by atoms with E-state index in [4.69, 9.17) is 30.9 Å². The first kappa shape index (κ1) is 20.2. The van der Waals surface area contributed by atoms with E-state index < -0.39 is 0 Å². The molecule has 0 aliphatic carbocycles. The molecule has 0 spiro atoms. The Labute approximate surface area is 194 Å². The molecule has 0 fully saturated rings. The minimum atomic E-state index is -0.366. The number of hydrazone groups is 1. The highest BCUT2D eigenvalue weighted by Crippen LogP contribution is 2.48. The summed E-state index contributed by atoms with van der Waals surface area (Å²) in [6, 6.07) is 19.8. The van der Waals surface area contributed by atoms with Gasteiger partial charge in [-0.1, -0.05) is 39.7 Å². The number of benzene rings is 3. The van der Waals surface area contributed by atoms with Crippen LogP contribution in [0.3, 0.4) is 0 Å². The van der Waals surface area contributed by atoms with E-state index >= 15 is 0 Å². The molecule has 3 aromatic rings. The van der Waals surface area contributed by atoms with Gasteiger partial charge in [-0.15, -0.1) is 0 Å². The molecule has 3 aromatic carbocycles. The quantitative estimate of drug-likeness (QED) is 0.419. The summed E-state index contributed by atoms with van der Waals surface area (Å²) in [5.41, 5.74) is 4.03. The lowest BCUT2D eigenvalue weighted by atomic mass is 9.96. The second-order valence-electron chi connectivity index (χ2n) is 7.42. The molecule has 2 aliphatic heterocycles. The Morgan fingerprint density at radius 3 is 2.65 bits per heavy atom. The number of hydrogen-bond donors (Lipinski definition) is 0. The lowest BCUT2D eigenvalue weighted by Crippen LogP contribution is -2.33. The molecule has 0 saturated carbocycles. The first-order valence-electron chi connectivity index (χ1n) is 9.87. The zero-order valence-corrected chi connectivity index (χ0v) is 19.4. The number of nitrogens with zero attached hydrogens (tertiary/aromatic N) is 2. The standard InChI is InChI=1S/C24H20BrClN2O3/c1-29-22-8-6-14(11-23(22)30-2)19-13-20-18-12-16(25)7-9-21(18)31-24(28(20)27-19)15-4-3-5-17(26)10-15/h3-12,20,24H,13H2,1-2H3/t20-,24-/m1/s1. The third kappa shape index (κ3) is 3.64. The van der Waals surface area contributed by atoms with E-state index in [0.29, 0.717) is 16.5 Å². The predicted octanol–water partition coefficient (Wildman–Crippen LogP) is 6.36. The van der Waals surface area contributed by atoms with Gasteiger partial charge in [0.2, 0.25) is 6.23 Å². The minimum Gasteiger partial charge on any atom is -0.493 e. The van der Waals surface area contributed by atoms with Crippen molar-refractivity contribution in [3.8, 4) is 17.2 Å². The van der Waals surface area contributed by atoms with Gasteiger partial charge >= 0.3 is 0 Å². The fourth-order valence-electron chi connectivity index (χ4n) is 4.13. The summed E-state index contributed by atoms with van der Waals surface area (Å²) in [5, 5.41) is 7.70.